The van der Waals surface area contributed by atoms with Gasteiger partial charge in [0.15, 0.2) is 23.9 Å². The molecule has 1 aromatic heterocycles. The lowest BCUT2D eigenvalue weighted by Gasteiger charge is -2.34. The summed E-state index contributed by atoms with van der Waals surface area (Å²) in [6.07, 6.45) is 2.43. The smallest absolute Gasteiger partial charge is 0.340 e. The van der Waals surface area contributed by atoms with Crippen LogP contribution in [0.5, 0.6) is 11.5 Å². The summed E-state index contributed by atoms with van der Waals surface area (Å²) in [6, 6.07) is 5.92. The van der Waals surface area contributed by atoms with Gasteiger partial charge in [0.1, 0.15) is 0 Å². The number of amides is 2. The van der Waals surface area contributed by atoms with Crippen LogP contribution in [0.1, 0.15) is 41.2 Å². The number of ether oxygens (including phenoxy) is 3. The molecule has 1 aliphatic rings. The monoisotopic (exact) mass is 444 g/mol. The van der Waals surface area contributed by atoms with Crippen LogP contribution in [-0.4, -0.2) is 56.6 Å². The van der Waals surface area contributed by atoms with E-state index in [9.17, 15) is 14.4 Å². The van der Waals surface area contributed by atoms with Crippen LogP contribution in [0.25, 0.3) is 0 Å². The molecule has 3 rings (SSSR count). The Labute approximate surface area is 186 Å². The number of nitrogens with one attached hydrogen (secondary N) is 1. The number of carbonyl (C=O) groups is 3. The topological polar surface area (TPSA) is 107 Å². The van der Waals surface area contributed by atoms with E-state index < -0.39 is 18.5 Å². The molecule has 0 radical (unpaired) electrons. The van der Waals surface area contributed by atoms with Gasteiger partial charge in [-0.15, -0.1) is 0 Å². The summed E-state index contributed by atoms with van der Waals surface area (Å²) < 4.78 is 20.9. The SMILES string of the molecule is COc1cc(NC(=O)c2ccco2)c(C(=O)OCC(=O)N2CC(C)CC(C)C2)cc1OC. The van der Waals surface area contributed by atoms with Crippen LogP contribution in [0.2, 0.25) is 0 Å². The molecule has 2 aromatic rings. The third kappa shape index (κ3) is 5.40. The van der Waals surface area contributed by atoms with E-state index in [0.29, 0.717) is 30.7 Å². The van der Waals surface area contributed by atoms with Gasteiger partial charge in [0, 0.05) is 25.2 Å². The number of benzene rings is 1. The summed E-state index contributed by atoms with van der Waals surface area (Å²) in [5, 5.41) is 2.62. The van der Waals surface area contributed by atoms with Gasteiger partial charge in [0.2, 0.25) is 0 Å². The van der Waals surface area contributed by atoms with Gasteiger partial charge in [-0.1, -0.05) is 13.8 Å². The van der Waals surface area contributed by atoms with Crippen molar-refractivity contribution < 1.29 is 33.0 Å². The summed E-state index contributed by atoms with van der Waals surface area (Å²) in [6.45, 7) is 5.08. The Morgan fingerprint density at radius 2 is 1.75 bits per heavy atom. The van der Waals surface area contributed by atoms with E-state index in [4.69, 9.17) is 18.6 Å². The van der Waals surface area contributed by atoms with Crippen molar-refractivity contribution >= 4 is 23.5 Å². The molecule has 1 fully saturated rings. The Morgan fingerprint density at radius 1 is 1.09 bits per heavy atom. The number of rotatable bonds is 7. The number of piperidine rings is 1. The van der Waals surface area contributed by atoms with E-state index in [-0.39, 0.29) is 28.7 Å². The zero-order chi connectivity index (χ0) is 23.3. The first-order valence-electron chi connectivity index (χ1n) is 10.4. The van der Waals surface area contributed by atoms with Crippen LogP contribution in [0, 0.1) is 11.8 Å². The zero-order valence-electron chi connectivity index (χ0n) is 18.7. The molecule has 32 heavy (non-hydrogen) atoms. The van der Waals surface area contributed by atoms with E-state index in [0.717, 1.165) is 6.42 Å². The number of furan rings is 1. The van der Waals surface area contributed by atoms with Crippen molar-refractivity contribution in [3.05, 3.63) is 41.9 Å². The predicted molar refractivity (Wildman–Crippen MR) is 116 cm³/mol. The number of hydrogen-bond acceptors (Lipinski definition) is 7. The van der Waals surface area contributed by atoms with Crippen LogP contribution in [0.15, 0.2) is 34.9 Å². The number of anilines is 1. The predicted octanol–water partition coefficient (Wildman–Crippen LogP) is 3.21. The van der Waals surface area contributed by atoms with Gasteiger partial charge in [-0.25, -0.2) is 4.79 Å². The lowest BCUT2D eigenvalue weighted by molar-refractivity contribution is -0.137. The lowest BCUT2D eigenvalue weighted by Crippen LogP contribution is -2.44. The van der Waals surface area contributed by atoms with Crippen LogP contribution in [0.3, 0.4) is 0 Å². The first-order chi connectivity index (χ1) is 15.3. The fourth-order valence-corrected chi connectivity index (χ4v) is 3.91. The summed E-state index contributed by atoms with van der Waals surface area (Å²) in [5.41, 5.74) is 0.164. The average Bonchev–Trinajstić information content (AvgIpc) is 3.31. The quantitative estimate of drug-likeness (QED) is 0.654. The Morgan fingerprint density at radius 3 is 2.34 bits per heavy atom. The number of methoxy groups -OCH3 is 2. The van der Waals surface area contributed by atoms with Crippen LogP contribution in [-0.2, 0) is 9.53 Å². The number of nitrogens with zero attached hydrogens (tertiary/aromatic N) is 1. The minimum Gasteiger partial charge on any atom is -0.493 e. The highest BCUT2D eigenvalue weighted by Crippen LogP contribution is 2.34. The van der Waals surface area contributed by atoms with Gasteiger partial charge in [-0.05, 0) is 30.4 Å². The highest BCUT2D eigenvalue weighted by molar-refractivity contribution is 6.07. The molecule has 0 spiro atoms. The fourth-order valence-electron chi connectivity index (χ4n) is 3.91. The van der Waals surface area contributed by atoms with Gasteiger partial charge < -0.3 is 28.8 Å². The van der Waals surface area contributed by atoms with Crippen molar-refractivity contribution in [2.45, 2.75) is 20.3 Å². The van der Waals surface area contributed by atoms with Crippen molar-refractivity contribution in [2.24, 2.45) is 11.8 Å². The maximum Gasteiger partial charge on any atom is 0.340 e. The van der Waals surface area contributed by atoms with Gasteiger partial charge in [0.05, 0.1) is 31.7 Å². The van der Waals surface area contributed by atoms with Crippen molar-refractivity contribution in [3.8, 4) is 11.5 Å². The van der Waals surface area contributed by atoms with Gasteiger partial charge in [-0.2, -0.15) is 0 Å². The maximum absolute atomic E-state index is 12.9. The second-order valence-corrected chi connectivity index (χ2v) is 8.01. The summed E-state index contributed by atoms with van der Waals surface area (Å²) in [4.78, 5) is 39.6. The molecule has 172 valence electrons. The normalized spacial score (nSPS) is 18.1. The Kier molecular flexibility index (Phi) is 7.40. The first kappa shape index (κ1) is 23.2. The first-order valence-corrected chi connectivity index (χ1v) is 10.4. The van der Waals surface area contributed by atoms with Crippen LogP contribution < -0.4 is 14.8 Å². The van der Waals surface area contributed by atoms with E-state index in [1.54, 1.807) is 11.0 Å². The third-order valence-corrected chi connectivity index (χ3v) is 5.29. The van der Waals surface area contributed by atoms with E-state index >= 15 is 0 Å². The van der Waals surface area contributed by atoms with Crippen molar-refractivity contribution in [3.63, 3.8) is 0 Å². The summed E-state index contributed by atoms with van der Waals surface area (Å²) in [5.74, 6) is -0.122. The summed E-state index contributed by atoms with van der Waals surface area (Å²) in [7, 11) is 2.86. The minimum absolute atomic E-state index is 0.0238. The van der Waals surface area contributed by atoms with E-state index in [1.165, 1.54) is 38.7 Å². The van der Waals surface area contributed by atoms with Crippen LogP contribution >= 0.6 is 0 Å². The second-order valence-electron chi connectivity index (χ2n) is 8.01. The molecule has 1 aliphatic heterocycles. The maximum atomic E-state index is 12.9. The molecule has 1 aromatic carbocycles. The minimum atomic E-state index is -0.771. The molecule has 1 N–H and O–H groups in total. The molecule has 0 saturated carbocycles. The lowest BCUT2D eigenvalue weighted by atomic mass is 9.92. The van der Waals surface area contributed by atoms with Crippen molar-refractivity contribution in [1.82, 2.24) is 4.90 Å². The average molecular weight is 444 g/mol. The molecular formula is C23H28N2O7. The van der Waals surface area contributed by atoms with E-state index in [2.05, 4.69) is 19.2 Å². The standard InChI is InChI=1S/C23H28N2O7/c1-14-8-15(2)12-25(11-14)21(26)13-32-23(28)16-9-19(29-3)20(30-4)10-17(16)24-22(27)18-6-5-7-31-18/h5-7,9-10,14-15H,8,11-13H2,1-4H3,(H,24,27). The molecule has 9 nitrogen and oxygen atoms in total. The molecule has 2 atom stereocenters. The fraction of sp³-hybridized carbons (Fsp3) is 0.435. The second kappa shape index (κ2) is 10.2. The Balaban J connectivity index is 1.77. The molecule has 0 aliphatic carbocycles. The number of esters is 1. The van der Waals surface area contributed by atoms with Gasteiger partial charge in [-0.3, -0.25) is 9.59 Å². The van der Waals surface area contributed by atoms with E-state index in [1.807, 2.05) is 0 Å². The molecule has 9 heteroatoms. The van der Waals surface area contributed by atoms with Crippen molar-refractivity contribution in [1.29, 1.82) is 0 Å². The Bertz CT molecular complexity index is 961. The summed E-state index contributed by atoms with van der Waals surface area (Å²) >= 11 is 0. The molecule has 2 amide bonds. The van der Waals surface area contributed by atoms with Gasteiger partial charge >= 0.3 is 5.97 Å². The third-order valence-electron chi connectivity index (χ3n) is 5.29. The molecule has 1 saturated heterocycles. The van der Waals surface area contributed by atoms with Crippen molar-refractivity contribution in [2.75, 3.05) is 39.2 Å². The van der Waals surface area contributed by atoms with Gasteiger partial charge in [0.25, 0.3) is 11.8 Å². The molecule has 2 unspecified atom stereocenters. The van der Waals surface area contributed by atoms with Crippen LogP contribution in [0.4, 0.5) is 5.69 Å². The molecule has 0 bridgehead atoms. The molecule has 2 heterocycles. The number of carbonyl (C=O) groups excluding carboxylic acids is 3. The number of likely N-dealkylation sites (tertiary alicyclic amines) is 1. The number of hydrogen-bond donors (Lipinski definition) is 1. The largest absolute Gasteiger partial charge is 0.493 e. The molecular weight excluding hydrogens is 416 g/mol. The highest BCUT2D eigenvalue weighted by Gasteiger charge is 2.27. The zero-order valence-corrected chi connectivity index (χ0v) is 18.7. The highest BCUT2D eigenvalue weighted by atomic mass is 16.5. The Hall–Kier alpha value is -3.49.